The van der Waals surface area contributed by atoms with E-state index in [1.807, 2.05) is 37.5 Å². The zero-order valence-electron chi connectivity index (χ0n) is 8.40. The van der Waals surface area contributed by atoms with Crippen LogP contribution >= 0.6 is 0 Å². The van der Waals surface area contributed by atoms with Gasteiger partial charge in [0.15, 0.2) is 0 Å². The topological polar surface area (TPSA) is 14.2 Å². The number of aromatic nitrogens is 1. The van der Waals surface area contributed by atoms with Gasteiger partial charge in [-0.1, -0.05) is 12.1 Å². The Morgan fingerprint density at radius 3 is 2.64 bits per heavy atom. The molecule has 0 N–H and O–H groups in total. The van der Waals surface area contributed by atoms with Crippen LogP contribution in [-0.4, -0.2) is 11.7 Å². The van der Waals surface area contributed by atoms with E-state index < -0.39 is 0 Å². The molecule has 0 bridgehead atoms. The van der Waals surface area contributed by atoms with E-state index in [1.165, 1.54) is 11.3 Å². The van der Waals surface area contributed by atoms with Gasteiger partial charge >= 0.3 is 0 Å². The van der Waals surface area contributed by atoms with Crippen molar-refractivity contribution in [3.8, 4) is 17.0 Å². The number of methoxy groups -OCH3 is 1. The number of aryl methyl sites for hydroxylation is 1. The van der Waals surface area contributed by atoms with Gasteiger partial charge in [0.25, 0.3) is 0 Å². The fourth-order valence-electron chi connectivity index (χ4n) is 1.54. The molecule has 0 radical (unpaired) electrons. The minimum absolute atomic E-state index is 0.892. The summed E-state index contributed by atoms with van der Waals surface area (Å²) in [5.41, 5.74) is 2.38. The molecule has 0 unspecified atom stereocenters. The number of hydrogen-bond acceptors (Lipinski definition) is 1. The van der Waals surface area contributed by atoms with Crippen LogP contribution < -0.4 is 4.74 Å². The number of benzene rings is 1. The van der Waals surface area contributed by atoms with E-state index in [4.69, 9.17) is 4.74 Å². The summed E-state index contributed by atoms with van der Waals surface area (Å²) in [5, 5.41) is 0. The van der Waals surface area contributed by atoms with Gasteiger partial charge in [0.05, 0.1) is 7.11 Å². The van der Waals surface area contributed by atoms with Crippen molar-refractivity contribution < 1.29 is 4.74 Å². The molecule has 2 aromatic rings. The van der Waals surface area contributed by atoms with E-state index in [0.29, 0.717) is 0 Å². The molecule has 0 amide bonds. The van der Waals surface area contributed by atoms with Gasteiger partial charge in [0.1, 0.15) is 5.75 Å². The van der Waals surface area contributed by atoms with Crippen LogP contribution in [0.15, 0.2) is 42.6 Å². The third-order valence-electron chi connectivity index (χ3n) is 2.31. The minimum Gasteiger partial charge on any atom is -0.497 e. The van der Waals surface area contributed by atoms with Gasteiger partial charge in [0, 0.05) is 24.5 Å². The first-order valence-electron chi connectivity index (χ1n) is 4.57. The summed E-state index contributed by atoms with van der Waals surface area (Å²) in [7, 11) is 3.72. The van der Waals surface area contributed by atoms with Crippen LogP contribution in [0.2, 0.25) is 0 Å². The SMILES string of the molecule is COc1cccc(-c2cccn2C)c1. The lowest BCUT2D eigenvalue weighted by Crippen LogP contribution is -1.89. The number of rotatable bonds is 2. The maximum Gasteiger partial charge on any atom is 0.119 e. The fraction of sp³-hybridized carbons (Fsp3) is 0.167. The molecular formula is C12H13NO. The van der Waals surface area contributed by atoms with Crippen LogP contribution in [-0.2, 0) is 7.05 Å². The Morgan fingerprint density at radius 2 is 2.00 bits per heavy atom. The summed E-state index contributed by atoms with van der Waals surface area (Å²) >= 11 is 0. The molecule has 14 heavy (non-hydrogen) atoms. The normalized spacial score (nSPS) is 10.1. The molecule has 0 fully saturated rings. The second-order valence-corrected chi connectivity index (χ2v) is 3.24. The van der Waals surface area contributed by atoms with Gasteiger partial charge in [-0.2, -0.15) is 0 Å². The van der Waals surface area contributed by atoms with Crippen molar-refractivity contribution >= 4 is 0 Å². The second-order valence-electron chi connectivity index (χ2n) is 3.24. The smallest absolute Gasteiger partial charge is 0.119 e. The van der Waals surface area contributed by atoms with Gasteiger partial charge in [-0.25, -0.2) is 0 Å². The third kappa shape index (κ3) is 1.51. The second kappa shape index (κ2) is 3.58. The van der Waals surface area contributed by atoms with E-state index in [-0.39, 0.29) is 0 Å². The zero-order valence-corrected chi connectivity index (χ0v) is 8.40. The van der Waals surface area contributed by atoms with Crippen molar-refractivity contribution in [3.05, 3.63) is 42.6 Å². The van der Waals surface area contributed by atoms with E-state index >= 15 is 0 Å². The van der Waals surface area contributed by atoms with Crippen molar-refractivity contribution in [2.75, 3.05) is 7.11 Å². The highest BCUT2D eigenvalue weighted by Gasteiger charge is 2.01. The molecule has 0 aliphatic heterocycles. The van der Waals surface area contributed by atoms with Crippen LogP contribution in [0.25, 0.3) is 11.3 Å². The number of ether oxygens (including phenoxy) is 1. The highest BCUT2D eigenvalue weighted by molar-refractivity contribution is 5.61. The lowest BCUT2D eigenvalue weighted by molar-refractivity contribution is 0.415. The molecule has 0 aliphatic carbocycles. The first kappa shape index (κ1) is 8.88. The van der Waals surface area contributed by atoms with Crippen LogP contribution in [0.5, 0.6) is 5.75 Å². The maximum atomic E-state index is 5.18. The molecule has 2 nitrogen and oxygen atoms in total. The van der Waals surface area contributed by atoms with Crippen LogP contribution in [0.1, 0.15) is 0 Å². The summed E-state index contributed by atoms with van der Waals surface area (Å²) in [5.74, 6) is 0.892. The summed E-state index contributed by atoms with van der Waals surface area (Å²) in [6.07, 6.45) is 2.04. The highest BCUT2D eigenvalue weighted by atomic mass is 16.5. The lowest BCUT2D eigenvalue weighted by Gasteiger charge is -2.05. The minimum atomic E-state index is 0.892. The van der Waals surface area contributed by atoms with Crippen molar-refractivity contribution in [2.24, 2.45) is 7.05 Å². The molecule has 72 valence electrons. The van der Waals surface area contributed by atoms with Gasteiger partial charge in [-0.3, -0.25) is 0 Å². The molecule has 0 saturated carbocycles. The third-order valence-corrected chi connectivity index (χ3v) is 2.31. The van der Waals surface area contributed by atoms with Crippen LogP contribution in [0, 0.1) is 0 Å². The lowest BCUT2D eigenvalue weighted by atomic mass is 10.1. The van der Waals surface area contributed by atoms with Crippen molar-refractivity contribution in [3.63, 3.8) is 0 Å². The molecule has 0 saturated heterocycles. The average molecular weight is 187 g/mol. The molecule has 0 atom stereocenters. The Labute approximate surface area is 83.8 Å². The van der Waals surface area contributed by atoms with E-state index in [1.54, 1.807) is 7.11 Å². The Morgan fingerprint density at radius 1 is 1.14 bits per heavy atom. The van der Waals surface area contributed by atoms with E-state index in [9.17, 15) is 0 Å². The van der Waals surface area contributed by atoms with Crippen LogP contribution in [0.3, 0.4) is 0 Å². The Balaban J connectivity index is 2.47. The Hall–Kier alpha value is -1.70. The standard InChI is InChI=1S/C12H13NO/c1-13-8-4-7-12(13)10-5-3-6-11(9-10)14-2/h3-9H,1-2H3. The van der Waals surface area contributed by atoms with E-state index in [2.05, 4.69) is 16.7 Å². The Bertz CT molecular complexity index is 431. The zero-order chi connectivity index (χ0) is 9.97. The van der Waals surface area contributed by atoms with Crippen LogP contribution in [0.4, 0.5) is 0 Å². The average Bonchev–Trinajstić information content (AvgIpc) is 2.65. The molecule has 1 heterocycles. The van der Waals surface area contributed by atoms with E-state index in [0.717, 1.165) is 5.75 Å². The van der Waals surface area contributed by atoms with Gasteiger partial charge in [-0.15, -0.1) is 0 Å². The summed E-state index contributed by atoms with van der Waals surface area (Å²) in [6, 6.07) is 12.2. The number of nitrogens with zero attached hydrogens (tertiary/aromatic N) is 1. The first-order valence-corrected chi connectivity index (χ1v) is 4.57. The van der Waals surface area contributed by atoms with Crippen molar-refractivity contribution in [1.82, 2.24) is 4.57 Å². The molecule has 2 rings (SSSR count). The molecule has 1 aromatic carbocycles. The van der Waals surface area contributed by atoms with Gasteiger partial charge < -0.3 is 9.30 Å². The van der Waals surface area contributed by atoms with Gasteiger partial charge in [-0.05, 0) is 24.3 Å². The predicted molar refractivity (Wildman–Crippen MR) is 57.4 cm³/mol. The number of hydrogen-bond donors (Lipinski definition) is 0. The Kier molecular flexibility index (Phi) is 2.27. The monoisotopic (exact) mass is 187 g/mol. The molecule has 0 spiro atoms. The molecular weight excluding hydrogens is 174 g/mol. The fourth-order valence-corrected chi connectivity index (χ4v) is 1.54. The first-order chi connectivity index (χ1) is 6.81. The summed E-state index contributed by atoms with van der Waals surface area (Å²) in [4.78, 5) is 0. The van der Waals surface area contributed by atoms with Gasteiger partial charge in [0.2, 0.25) is 0 Å². The molecule has 0 aliphatic rings. The molecule has 2 heteroatoms. The van der Waals surface area contributed by atoms with Crippen molar-refractivity contribution in [1.29, 1.82) is 0 Å². The molecule has 1 aromatic heterocycles. The highest BCUT2D eigenvalue weighted by Crippen LogP contribution is 2.23. The predicted octanol–water partition coefficient (Wildman–Crippen LogP) is 2.70. The largest absolute Gasteiger partial charge is 0.497 e. The van der Waals surface area contributed by atoms with Crippen molar-refractivity contribution in [2.45, 2.75) is 0 Å². The quantitative estimate of drug-likeness (QED) is 0.705. The summed E-state index contributed by atoms with van der Waals surface area (Å²) < 4.78 is 7.28. The maximum absolute atomic E-state index is 5.18. The summed E-state index contributed by atoms with van der Waals surface area (Å²) in [6.45, 7) is 0.